The molecule has 1 aliphatic rings. The van der Waals surface area contributed by atoms with Gasteiger partial charge in [-0.05, 0) is 60.7 Å². The molecule has 2 aromatic carbocycles. The predicted octanol–water partition coefficient (Wildman–Crippen LogP) is 4.06. The van der Waals surface area contributed by atoms with E-state index in [1.54, 1.807) is 53.4 Å². The summed E-state index contributed by atoms with van der Waals surface area (Å²) in [6.45, 7) is 1.22. The van der Waals surface area contributed by atoms with Crippen molar-refractivity contribution in [2.75, 3.05) is 18.5 Å². The van der Waals surface area contributed by atoms with Crippen LogP contribution in [0.5, 0.6) is 0 Å². The zero-order valence-corrected chi connectivity index (χ0v) is 19.7. The number of carbonyl (C=O) groups is 2. The molecule has 2 aromatic heterocycles. The molecule has 2 N–H and O–H groups in total. The summed E-state index contributed by atoms with van der Waals surface area (Å²) in [4.78, 5) is 47.9. The molecule has 178 valence electrons. The normalized spacial score (nSPS) is 15.3. The van der Waals surface area contributed by atoms with Crippen molar-refractivity contribution in [1.29, 1.82) is 0 Å². The van der Waals surface area contributed by atoms with Crippen molar-refractivity contribution in [3.8, 4) is 0 Å². The number of anilines is 1. The van der Waals surface area contributed by atoms with Gasteiger partial charge in [-0.1, -0.05) is 18.2 Å². The second-order valence-corrected chi connectivity index (χ2v) is 9.31. The number of aromatic amines is 1. The van der Waals surface area contributed by atoms with E-state index in [-0.39, 0.29) is 30.0 Å². The molecule has 0 aliphatic carbocycles. The standard InChI is InChI=1S/C26H24N4O4S/c31-24-20-6-1-2-7-21(20)28-23(29-24)16-30(15-19-5-3-13-34-19)26(33)17-9-11-18(12-10-17)27-25(32)22-8-4-14-35-22/h1-2,4,6-12,14,19H,3,5,13,15-16H2,(H,27,32)(H,28,29,31)/t19-/m1/s1. The molecule has 2 amide bonds. The molecule has 1 fully saturated rings. The molecule has 1 saturated heterocycles. The van der Waals surface area contributed by atoms with Gasteiger partial charge in [-0.15, -0.1) is 11.3 Å². The number of thiophene rings is 1. The number of para-hydroxylation sites is 1. The fourth-order valence-electron chi connectivity index (χ4n) is 4.12. The van der Waals surface area contributed by atoms with Crippen molar-refractivity contribution in [3.05, 3.63) is 92.7 Å². The number of amides is 2. The van der Waals surface area contributed by atoms with E-state index in [9.17, 15) is 14.4 Å². The molecule has 5 rings (SSSR count). The van der Waals surface area contributed by atoms with Crippen LogP contribution in [-0.4, -0.2) is 45.9 Å². The van der Waals surface area contributed by atoms with E-state index < -0.39 is 0 Å². The van der Waals surface area contributed by atoms with Crippen LogP contribution in [0, 0.1) is 0 Å². The Morgan fingerprint density at radius 1 is 1.11 bits per heavy atom. The number of hydrogen-bond acceptors (Lipinski definition) is 6. The van der Waals surface area contributed by atoms with Gasteiger partial charge in [0.2, 0.25) is 0 Å². The largest absolute Gasteiger partial charge is 0.376 e. The highest BCUT2D eigenvalue weighted by Crippen LogP contribution is 2.19. The van der Waals surface area contributed by atoms with Gasteiger partial charge in [-0.3, -0.25) is 14.4 Å². The molecular weight excluding hydrogens is 464 g/mol. The zero-order chi connectivity index (χ0) is 24.2. The topological polar surface area (TPSA) is 104 Å². The van der Waals surface area contributed by atoms with Crippen LogP contribution in [0.25, 0.3) is 10.9 Å². The summed E-state index contributed by atoms with van der Waals surface area (Å²) in [6, 6.07) is 17.5. The van der Waals surface area contributed by atoms with Gasteiger partial charge in [0.15, 0.2) is 0 Å². The smallest absolute Gasteiger partial charge is 0.265 e. The summed E-state index contributed by atoms with van der Waals surface area (Å²) in [5.74, 6) is 0.0257. The molecule has 35 heavy (non-hydrogen) atoms. The first-order chi connectivity index (χ1) is 17.1. The predicted molar refractivity (Wildman–Crippen MR) is 135 cm³/mol. The average Bonchev–Trinajstić information content (AvgIpc) is 3.59. The van der Waals surface area contributed by atoms with Crippen LogP contribution in [0.3, 0.4) is 0 Å². The molecule has 3 heterocycles. The molecule has 0 saturated carbocycles. The molecule has 8 nitrogen and oxygen atoms in total. The lowest BCUT2D eigenvalue weighted by molar-refractivity contribution is 0.0501. The lowest BCUT2D eigenvalue weighted by Gasteiger charge is -2.25. The van der Waals surface area contributed by atoms with Crippen molar-refractivity contribution in [2.45, 2.75) is 25.5 Å². The monoisotopic (exact) mass is 488 g/mol. The third-order valence-corrected chi connectivity index (χ3v) is 6.74. The molecule has 9 heteroatoms. The minimum Gasteiger partial charge on any atom is -0.376 e. The second-order valence-electron chi connectivity index (χ2n) is 8.36. The molecule has 4 aromatic rings. The van der Waals surface area contributed by atoms with Gasteiger partial charge in [0.05, 0.1) is 28.4 Å². The number of benzene rings is 2. The first-order valence-electron chi connectivity index (χ1n) is 11.4. The maximum atomic E-state index is 13.5. The molecule has 1 atom stereocenters. The Labute approximate surface area is 205 Å². The van der Waals surface area contributed by atoms with Gasteiger partial charge < -0.3 is 19.9 Å². The highest BCUT2D eigenvalue weighted by atomic mass is 32.1. The Morgan fingerprint density at radius 2 is 1.94 bits per heavy atom. The van der Waals surface area contributed by atoms with Crippen LogP contribution < -0.4 is 10.9 Å². The number of carbonyl (C=O) groups excluding carboxylic acids is 2. The van der Waals surface area contributed by atoms with Crippen LogP contribution >= 0.6 is 11.3 Å². The lowest BCUT2D eigenvalue weighted by atomic mass is 10.1. The minimum atomic E-state index is -0.235. The molecule has 0 unspecified atom stereocenters. The van der Waals surface area contributed by atoms with Gasteiger partial charge in [0, 0.05) is 24.4 Å². The lowest BCUT2D eigenvalue weighted by Crippen LogP contribution is -2.37. The average molecular weight is 489 g/mol. The maximum absolute atomic E-state index is 13.5. The van der Waals surface area contributed by atoms with Crippen molar-refractivity contribution >= 4 is 39.7 Å². The highest BCUT2D eigenvalue weighted by Gasteiger charge is 2.24. The highest BCUT2D eigenvalue weighted by molar-refractivity contribution is 7.12. The quantitative estimate of drug-likeness (QED) is 0.408. The van der Waals surface area contributed by atoms with E-state index in [2.05, 4.69) is 15.3 Å². The number of rotatable bonds is 7. The van der Waals surface area contributed by atoms with E-state index in [1.165, 1.54) is 11.3 Å². The Bertz CT molecular complexity index is 1390. The summed E-state index contributed by atoms with van der Waals surface area (Å²) < 4.78 is 5.77. The van der Waals surface area contributed by atoms with E-state index in [1.807, 2.05) is 17.5 Å². The molecular formula is C26H24N4O4S. The van der Waals surface area contributed by atoms with Gasteiger partial charge in [0.25, 0.3) is 17.4 Å². The fraction of sp³-hybridized carbons (Fsp3) is 0.231. The van der Waals surface area contributed by atoms with Crippen LogP contribution in [-0.2, 0) is 11.3 Å². The Hall–Kier alpha value is -3.82. The van der Waals surface area contributed by atoms with Gasteiger partial charge in [-0.25, -0.2) is 4.98 Å². The number of fused-ring (bicyclic) bond motifs is 1. The van der Waals surface area contributed by atoms with Crippen LogP contribution in [0.4, 0.5) is 5.69 Å². The van der Waals surface area contributed by atoms with E-state index in [4.69, 9.17) is 4.74 Å². The summed E-state index contributed by atoms with van der Waals surface area (Å²) in [6.07, 6.45) is 1.77. The van der Waals surface area contributed by atoms with Crippen molar-refractivity contribution < 1.29 is 14.3 Å². The third-order valence-electron chi connectivity index (χ3n) is 5.87. The molecule has 0 bridgehead atoms. The Morgan fingerprint density at radius 3 is 2.69 bits per heavy atom. The fourth-order valence-corrected chi connectivity index (χ4v) is 4.74. The van der Waals surface area contributed by atoms with Gasteiger partial charge in [0.1, 0.15) is 5.82 Å². The molecule has 0 radical (unpaired) electrons. The van der Waals surface area contributed by atoms with Crippen LogP contribution in [0.2, 0.25) is 0 Å². The number of hydrogen-bond donors (Lipinski definition) is 2. The van der Waals surface area contributed by atoms with Crippen molar-refractivity contribution in [2.24, 2.45) is 0 Å². The molecule has 0 spiro atoms. The Balaban J connectivity index is 1.36. The van der Waals surface area contributed by atoms with Crippen LogP contribution in [0.15, 0.2) is 70.8 Å². The third kappa shape index (κ3) is 5.31. The summed E-state index contributed by atoms with van der Waals surface area (Å²) in [5, 5.41) is 5.19. The second kappa shape index (κ2) is 10.2. The number of aromatic nitrogens is 2. The maximum Gasteiger partial charge on any atom is 0.265 e. The van der Waals surface area contributed by atoms with Gasteiger partial charge >= 0.3 is 0 Å². The van der Waals surface area contributed by atoms with Crippen molar-refractivity contribution in [1.82, 2.24) is 14.9 Å². The Kier molecular flexibility index (Phi) is 6.69. The summed E-state index contributed by atoms with van der Waals surface area (Å²) in [7, 11) is 0. The van der Waals surface area contributed by atoms with Crippen LogP contribution in [0.1, 0.15) is 38.7 Å². The SMILES string of the molecule is O=C(Nc1ccc(C(=O)N(Cc2nc3ccccc3c(=O)[nH]2)C[C@H]2CCCO2)cc1)c1cccs1. The van der Waals surface area contributed by atoms with Crippen molar-refractivity contribution in [3.63, 3.8) is 0 Å². The number of nitrogens with zero attached hydrogens (tertiary/aromatic N) is 2. The number of ether oxygens (including phenoxy) is 1. The number of H-pyrrole nitrogens is 1. The summed E-state index contributed by atoms with van der Waals surface area (Å²) in [5.41, 5.74) is 1.42. The number of nitrogens with one attached hydrogen (secondary N) is 2. The minimum absolute atomic E-state index is 0.0597. The first kappa shape index (κ1) is 22.9. The van der Waals surface area contributed by atoms with Gasteiger partial charge in [-0.2, -0.15) is 0 Å². The summed E-state index contributed by atoms with van der Waals surface area (Å²) >= 11 is 1.36. The van der Waals surface area contributed by atoms with E-state index >= 15 is 0 Å². The zero-order valence-electron chi connectivity index (χ0n) is 18.9. The first-order valence-corrected chi connectivity index (χ1v) is 12.3. The van der Waals surface area contributed by atoms with E-state index in [0.29, 0.717) is 46.0 Å². The molecule has 1 aliphatic heterocycles. The van der Waals surface area contributed by atoms with E-state index in [0.717, 1.165) is 12.8 Å².